The first-order valence-corrected chi connectivity index (χ1v) is 5.26. The molecule has 0 rings (SSSR count). The molecule has 0 N–H and O–H groups in total. The Balaban J connectivity index is 2.95. The fraction of sp³-hybridized carbons (Fsp3) is 0.818. The summed E-state index contributed by atoms with van der Waals surface area (Å²) < 4.78 is 20.6. The van der Waals surface area contributed by atoms with Crippen LogP contribution in [0.5, 0.6) is 0 Å². The summed E-state index contributed by atoms with van der Waals surface area (Å²) in [7, 11) is 1.65. The Morgan fingerprint density at radius 1 is 0.933 bits per heavy atom. The summed E-state index contributed by atoms with van der Waals surface area (Å²) in [5.41, 5.74) is 0. The Kier molecular flexibility index (Phi) is 11.1. The van der Waals surface area contributed by atoms with Crippen LogP contribution in [0, 0.1) is 0 Å². The molecule has 0 amide bonds. The molecule has 0 heterocycles. The van der Waals surface area contributed by atoms with Crippen LogP contribution in [0.25, 0.3) is 0 Å². The number of allylic oxidation sites excluding steroid dienone is 1. The van der Waals surface area contributed by atoms with Crippen molar-refractivity contribution in [2.45, 2.75) is 13.3 Å². The smallest absolute Gasteiger partial charge is 0.111 e. The quantitative estimate of drug-likeness (QED) is 0.390. The molecule has 0 aliphatic rings. The first-order chi connectivity index (χ1) is 7.31. The van der Waals surface area contributed by atoms with Crippen LogP contribution < -0.4 is 0 Å². The van der Waals surface area contributed by atoms with E-state index in [1.165, 1.54) is 0 Å². The van der Waals surface area contributed by atoms with Crippen LogP contribution in [0.2, 0.25) is 0 Å². The Bertz CT molecular complexity index is 148. The van der Waals surface area contributed by atoms with E-state index < -0.39 is 0 Å². The first-order valence-electron chi connectivity index (χ1n) is 5.26. The molecule has 0 unspecified atom stereocenters. The summed E-state index contributed by atoms with van der Waals surface area (Å²) in [5, 5.41) is 0. The third-order valence-corrected chi connectivity index (χ3v) is 1.73. The Morgan fingerprint density at radius 2 is 1.47 bits per heavy atom. The van der Waals surface area contributed by atoms with Crippen LogP contribution in [0.3, 0.4) is 0 Å². The molecule has 0 aliphatic carbocycles. The highest BCUT2D eigenvalue weighted by atomic mass is 16.6. The number of methoxy groups -OCH3 is 1. The molecule has 0 spiro atoms. The number of hydrogen-bond acceptors (Lipinski definition) is 4. The summed E-state index contributed by atoms with van der Waals surface area (Å²) in [6, 6.07) is 0. The maximum absolute atomic E-state index is 5.28. The normalized spacial score (nSPS) is 10.3. The lowest BCUT2D eigenvalue weighted by atomic mass is 10.4. The van der Waals surface area contributed by atoms with Crippen LogP contribution in [-0.2, 0) is 18.9 Å². The van der Waals surface area contributed by atoms with E-state index in [2.05, 4.69) is 6.58 Å². The van der Waals surface area contributed by atoms with Gasteiger partial charge in [-0.2, -0.15) is 0 Å². The van der Waals surface area contributed by atoms with Gasteiger partial charge in [0.05, 0.1) is 38.8 Å². The van der Waals surface area contributed by atoms with E-state index >= 15 is 0 Å². The van der Waals surface area contributed by atoms with Gasteiger partial charge in [-0.25, -0.2) is 0 Å². The van der Waals surface area contributed by atoms with Gasteiger partial charge in [0, 0.05) is 13.5 Å². The molecule has 15 heavy (non-hydrogen) atoms. The van der Waals surface area contributed by atoms with Crippen molar-refractivity contribution in [2.75, 3.05) is 46.8 Å². The zero-order chi connectivity index (χ0) is 11.4. The molecule has 0 saturated heterocycles. The van der Waals surface area contributed by atoms with E-state index in [0.717, 1.165) is 12.2 Å². The second-order valence-electron chi connectivity index (χ2n) is 2.96. The fourth-order valence-electron chi connectivity index (χ4n) is 0.811. The Labute approximate surface area is 92.2 Å². The Hall–Kier alpha value is -0.580. The van der Waals surface area contributed by atoms with Gasteiger partial charge in [-0.1, -0.05) is 13.5 Å². The van der Waals surface area contributed by atoms with E-state index in [1.54, 1.807) is 7.11 Å². The Morgan fingerprint density at radius 3 is 2.00 bits per heavy atom. The highest BCUT2D eigenvalue weighted by Gasteiger charge is 1.92. The first kappa shape index (κ1) is 14.4. The van der Waals surface area contributed by atoms with E-state index in [0.29, 0.717) is 39.6 Å². The topological polar surface area (TPSA) is 36.9 Å². The molecule has 0 aromatic rings. The molecule has 0 fully saturated rings. The zero-order valence-corrected chi connectivity index (χ0v) is 9.79. The lowest BCUT2D eigenvalue weighted by Crippen LogP contribution is -2.11. The van der Waals surface area contributed by atoms with Gasteiger partial charge >= 0.3 is 0 Å². The molecule has 0 aromatic heterocycles. The molecule has 4 nitrogen and oxygen atoms in total. The molecule has 0 atom stereocenters. The van der Waals surface area contributed by atoms with Gasteiger partial charge < -0.3 is 18.9 Å². The van der Waals surface area contributed by atoms with Gasteiger partial charge in [-0.15, -0.1) is 0 Å². The second-order valence-corrected chi connectivity index (χ2v) is 2.96. The van der Waals surface area contributed by atoms with Crippen molar-refractivity contribution >= 4 is 0 Å². The molecule has 0 bridgehead atoms. The van der Waals surface area contributed by atoms with Crippen molar-refractivity contribution in [3.05, 3.63) is 12.3 Å². The molecular formula is C11H22O4. The highest BCUT2D eigenvalue weighted by Crippen LogP contribution is 1.97. The van der Waals surface area contributed by atoms with Crippen molar-refractivity contribution < 1.29 is 18.9 Å². The summed E-state index contributed by atoms with van der Waals surface area (Å²) in [4.78, 5) is 0. The minimum atomic E-state index is 0.560. The lowest BCUT2D eigenvalue weighted by molar-refractivity contribution is 0.0118. The zero-order valence-electron chi connectivity index (χ0n) is 9.79. The third kappa shape index (κ3) is 11.3. The van der Waals surface area contributed by atoms with Crippen LogP contribution in [0.4, 0.5) is 0 Å². The molecule has 4 heteroatoms. The predicted molar refractivity (Wildman–Crippen MR) is 58.9 cm³/mol. The van der Waals surface area contributed by atoms with E-state index in [4.69, 9.17) is 18.9 Å². The van der Waals surface area contributed by atoms with Gasteiger partial charge in [0.15, 0.2) is 0 Å². The molecule has 90 valence electrons. The minimum Gasteiger partial charge on any atom is -0.496 e. The fourth-order valence-corrected chi connectivity index (χ4v) is 0.811. The van der Waals surface area contributed by atoms with Gasteiger partial charge in [-0.05, 0) is 0 Å². The van der Waals surface area contributed by atoms with Gasteiger partial charge in [0.1, 0.15) is 6.61 Å². The monoisotopic (exact) mass is 218 g/mol. The average molecular weight is 218 g/mol. The summed E-state index contributed by atoms with van der Waals surface area (Å²) in [5.74, 6) is 0.801. The highest BCUT2D eigenvalue weighted by molar-refractivity contribution is 4.79. The molecule has 0 saturated carbocycles. The predicted octanol–water partition coefficient (Wildman–Crippen LogP) is 1.61. The lowest BCUT2D eigenvalue weighted by Gasteiger charge is -2.08. The molecule has 0 aromatic carbocycles. The molecular weight excluding hydrogens is 196 g/mol. The average Bonchev–Trinajstić information content (AvgIpc) is 2.26. The minimum absolute atomic E-state index is 0.560. The largest absolute Gasteiger partial charge is 0.496 e. The maximum atomic E-state index is 5.28. The SMILES string of the molecule is C=C(CC)OCCOCCOCCOC. The van der Waals surface area contributed by atoms with Crippen LogP contribution in [-0.4, -0.2) is 46.8 Å². The van der Waals surface area contributed by atoms with Gasteiger partial charge in [-0.3, -0.25) is 0 Å². The van der Waals surface area contributed by atoms with Crippen molar-refractivity contribution in [2.24, 2.45) is 0 Å². The van der Waals surface area contributed by atoms with E-state index in [9.17, 15) is 0 Å². The van der Waals surface area contributed by atoms with E-state index in [-0.39, 0.29) is 0 Å². The van der Waals surface area contributed by atoms with E-state index in [1.807, 2.05) is 6.92 Å². The van der Waals surface area contributed by atoms with Crippen molar-refractivity contribution in [3.63, 3.8) is 0 Å². The maximum Gasteiger partial charge on any atom is 0.111 e. The van der Waals surface area contributed by atoms with Crippen LogP contribution >= 0.6 is 0 Å². The van der Waals surface area contributed by atoms with Gasteiger partial charge in [0.25, 0.3) is 0 Å². The van der Waals surface area contributed by atoms with Crippen molar-refractivity contribution in [1.82, 2.24) is 0 Å². The summed E-state index contributed by atoms with van der Waals surface area (Å²) in [6.45, 7) is 9.29. The summed E-state index contributed by atoms with van der Waals surface area (Å²) >= 11 is 0. The summed E-state index contributed by atoms with van der Waals surface area (Å²) in [6.07, 6.45) is 0.847. The van der Waals surface area contributed by atoms with Crippen molar-refractivity contribution in [3.8, 4) is 0 Å². The van der Waals surface area contributed by atoms with Crippen molar-refractivity contribution in [1.29, 1.82) is 0 Å². The number of hydrogen-bond donors (Lipinski definition) is 0. The number of rotatable bonds is 11. The third-order valence-electron chi connectivity index (χ3n) is 1.73. The number of ether oxygens (including phenoxy) is 4. The molecule has 0 aliphatic heterocycles. The van der Waals surface area contributed by atoms with Gasteiger partial charge in [0.2, 0.25) is 0 Å². The van der Waals surface area contributed by atoms with Crippen LogP contribution in [0.1, 0.15) is 13.3 Å². The van der Waals surface area contributed by atoms with Crippen LogP contribution in [0.15, 0.2) is 12.3 Å². The second kappa shape index (κ2) is 11.5. The standard InChI is InChI=1S/C11H22O4/c1-4-11(2)15-10-9-14-8-7-13-6-5-12-3/h2,4-10H2,1,3H3. The molecule has 0 radical (unpaired) electrons.